The van der Waals surface area contributed by atoms with Gasteiger partial charge in [-0.2, -0.15) is 8.42 Å². The van der Waals surface area contributed by atoms with Crippen LogP contribution in [0.25, 0.3) is 0 Å². The van der Waals surface area contributed by atoms with E-state index in [4.69, 9.17) is 9.29 Å². The summed E-state index contributed by atoms with van der Waals surface area (Å²) in [5.41, 5.74) is 2.52. The number of benzene rings is 2. The highest BCUT2D eigenvalue weighted by Gasteiger charge is 2.31. The van der Waals surface area contributed by atoms with Crippen molar-refractivity contribution in [2.75, 3.05) is 11.8 Å². The number of rotatable bonds is 10. The molecule has 186 valence electrons. The van der Waals surface area contributed by atoms with Gasteiger partial charge in [0.05, 0.1) is 24.5 Å². The summed E-state index contributed by atoms with van der Waals surface area (Å²) in [7, 11) is -3.19. The number of hydrogen-bond donors (Lipinski definition) is 3. The minimum Gasteiger partial charge on any atom is -0.468 e. The molecule has 2 unspecified atom stereocenters. The van der Waals surface area contributed by atoms with Gasteiger partial charge in [0.1, 0.15) is 10.9 Å². The van der Waals surface area contributed by atoms with Gasteiger partial charge < -0.3 is 10.1 Å². The second kappa shape index (κ2) is 11.4. The van der Waals surface area contributed by atoms with Crippen molar-refractivity contribution < 1.29 is 27.3 Å². The Labute approximate surface area is 208 Å². The van der Waals surface area contributed by atoms with Crippen LogP contribution in [0.3, 0.4) is 0 Å². The number of carbonyl (C=O) groups is 2. The van der Waals surface area contributed by atoms with E-state index in [2.05, 4.69) is 10.3 Å². The van der Waals surface area contributed by atoms with Crippen LogP contribution >= 0.6 is 11.3 Å². The molecule has 0 fully saturated rings. The van der Waals surface area contributed by atoms with E-state index >= 15 is 0 Å². The van der Waals surface area contributed by atoms with E-state index in [-0.39, 0.29) is 18.5 Å². The Balaban J connectivity index is 1.88. The highest BCUT2D eigenvalue weighted by Crippen LogP contribution is 2.27. The predicted molar refractivity (Wildman–Crippen MR) is 133 cm³/mol. The number of hydrogen-bond acceptors (Lipinski definition) is 7. The maximum atomic E-state index is 13.3. The Morgan fingerprint density at radius 2 is 1.74 bits per heavy atom. The Bertz CT molecular complexity index is 1270. The quantitative estimate of drug-likeness (QED) is 0.213. The molecule has 1 aromatic heterocycles. The largest absolute Gasteiger partial charge is 0.468 e. The number of anilines is 1. The highest BCUT2D eigenvalue weighted by atomic mass is 32.2. The number of ether oxygens (including phenoxy) is 1. The first kappa shape index (κ1) is 26.3. The van der Waals surface area contributed by atoms with Gasteiger partial charge in [-0.3, -0.25) is 18.9 Å². The first-order chi connectivity index (χ1) is 16.6. The zero-order chi connectivity index (χ0) is 25.6. The summed E-state index contributed by atoms with van der Waals surface area (Å²) in [4.78, 5) is 31.4. The SMILES string of the molecule is COC(=O)C(Cc1ccccc1)C(=O)NC(Cc1cccc(NS(=O)(=O)O)c1)c1nc(C)c(C)s1. The van der Waals surface area contributed by atoms with Gasteiger partial charge in [0, 0.05) is 4.88 Å². The van der Waals surface area contributed by atoms with Crippen molar-refractivity contribution in [2.45, 2.75) is 32.7 Å². The van der Waals surface area contributed by atoms with Gasteiger partial charge in [0.15, 0.2) is 0 Å². The molecule has 0 saturated carbocycles. The first-order valence-electron chi connectivity index (χ1n) is 10.8. The average Bonchev–Trinajstić information content (AvgIpc) is 3.14. The standard InChI is InChI=1S/C24H27N3O6S2/c1-15-16(2)34-23(25-15)21(14-18-10-7-11-19(12-18)27-35(30,31)32)26-22(28)20(24(29)33-3)13-17-8-5-4-6-9-17/h4-12,20-21,27H,13-14H2,1-3H3,(H,26,28)(H,30,31,32). The van der Waals surface area contributed by atoms with Crippen molar-refractivity contribution >= 4 is 39.2 Å². The Morgan fingerprint density at radius 1 is 1.06 bits per heavy atom. The number of aromatic nitrogens is 1. The van der Waals surface area contributed by atoms with E-state index in [0.29, 0.717) is 10.6 Å². The lowest BCUT2D eigenvalue weighted by Gasteiger charge is -2.21. The first-order valence-corrected chi connectivity index (χ1v) is 13.0. The molecule has 0 aliphatic rings. The fraction of sp³-hybridized carbons (Fsp3) is 0.292. The summed E-state index contributed by atoms with van der Waals surface area (Å²) in [5.74, 6) is -2.20. The lowest BCUT2D eigenvalue weighted by Crippen LogP contribution is -2.40. The molecular weight excluding hydrogens is 490 g/mol. The summed E-state index contributed by atoms with van der Waals surface area (Å²) in [6, 6.07) is 15.1. The maximum Gasteiger partial charge on any atom is 0.357 e. The Morgan fingerprint density at radius 3 is 2.34 bits per heavy atom. The normalized spacial score (nSPS) is 13.0. The van der Waals surface area contributed by atoms with Crippen LogP contribution in [0.2, 0.25) is 0 Å². The van der Waals surface area contributed by atoms with Crippen LogP contribution in [0, 0.1) is 19.8 Å². The van der Waals surface area contributed by atoms with Gasteiger partial charge in [-0.1, -0.05) is 42.5 Å². The van der Waals surface area contributed by atoms with Crippen molar-refractivity contribution in [3.05, 3.63) is 81.3 Å². The van der Waals surface area contributed by atoms with E-state index in [1.54, 1.807) is 18.2 Å². The zero-order valence-corrected chi connectivity index (χ0v) is 21.2. The summed E-state index contributed by atoms with van der Waals surface area (Å²) in [5, 5.41) is 3.60. The van der Waals surface area contributed by atoms with Crippen molar-refractivity contribution in [1.82, 2.24) is 10.3 Å². The lowest BCUT2D eigenvalue weighted by molar-refractivity contribution is -0.150. The van der Waals surface area contributed by atoms with Crippen molar-refractivity contribution in [2.24, 2.45) is 5.92 Å². The number of aryl methyl sites for hydroxylation is 2. The second-order valence-corrected chi connectivity index (χ2v) is 10.4. The number of nitrogens with one attached hydrogen (secondary N) is 2. The number of amides is 1. The van der Waals surface area contributed by atoms with Gasteiger partial charge in [0.2, 0.25) is 5.91 Å². The molecule has 9 nitrogen and oxygen atoms in total. The highest BCUT2D eigenvalue weighted by molar-refractivity contribution is 7.87. The average molecular weight is 518 g/mol. The second-order valence-electron chi connectivity index (χ2n) is 8.00. The van der Waals surface area contributed by atoms with Gasteiger partial charge in [-0.25, -0.2) is 4.98 Å². The maximum absolute atomic E-state index is 13.3. The lowest BCUT2D eigenvalue weighted by atomic mass is 9.97. The third kappa shape index (κ3) is 7.61. The molecule has 3 rings (SSSR count). The summed E-state index contributed by atoms with van der Waals surface area (Å²) in [6.45, 7) is 3.80. The zero-order valence-electron chi connectivity index (χ0n) is 19.5. The molecule has 3 N–H and O–H groups in total. The number of carbonyl (C=O) groups excluding carboxylic acids is 2. The van der Waals surface area contributed by atoms with E-state index in [1.807, 2.05) is 48.9 Å². The van der Waals surface area contributed by atoms with Crippen LogP contribution < -0.4 is 10.0 Å². The van der Waals surface area contributed by atoms with E-state index in [1.165, 1.54) is 24.5 Å². The fourth-order valence-electron chi connectivity index (χ4n) is 3.54. The van der Waals surface area contributed by atoms with Crippen LogP contribution in [0.5, 0.6) is 0 Å². The number of thiazole rings is 1. The topological polar surface area (TPSA) is 135 Å². The third-order valence-electron chi connectivity index (χ3n) is 5.36. The monoisotopic (exact) mass is 517 g/mol. The van der Waals surface area contributed by atoms with Gasteiger partial charge in [0.25, 0.3) is 0 Å². The van der Waals surface area contributed by atoms with Crippen LogP contribution in [0.15, 0.2) is 54.6 Å². The summed E-state index contributed by atoms with van der Waals surface area (Å²) < 4.78 is 38.4. The van der Waals surface area contributed by atoms with Crippen LogP contribution in [0.4, 0.5) is 5.69 Å². The molecule has 3 aromatic rings. The fourth-order valence-corrected chi connectivity index (χ4v) is 4.94. The number of esters is 1. The van der Waals surface area contributed by atoms with E-state index in [9.17, 15) is 18.0 Å². The third-order valence-corrected chi connectivity index (χ3v) is 7.04. The molecule has 0 aliphatic carbocycles. The van der Waals surface area contributed by atoms with Crippen LogP contribution in [-0.4, -0.2) is 36.9 Å². The summed E-state index contributed by atoms with van der Waals surface area (Å²) >= 11 is 1.43. The van der Waals surface area contributed by atoms with Crippen molar-refractivity contribution in [3.63, 3.8) is 0 Å². The minimum atomic E-state index is -4.43. The number of methoxy groups -OCH3 is 1. The van der Waals surface area contributed by atoms with Crippen molar-refractivity contribution in [1.29, 1.82) is 0 Å². The Kier molecular flexibility index (Phi) is 8.60. The molecule has 0 spiro atoms. The van der Waals surface area contributed by atoms with Gasteiger partial charge in [-0.15, -0.1) is 11.3 Å². The van der Waals surface area contributed by atoms with E-state index < -0.39 is 34.1 Å². The molecule has 1 heterocycles. The minimum absolute atomic E-state index is 0.176. The molecule has 0 bridgehead atoms. The molecule has 35 heavy (non-hydrogen) atoms. The van der Waals surface area contributed by atoms with Crippen molar-refractivity contribution in [3.8, 4) is 0 Å². The van der Waals surface area contributed by atoms with Crippen LogP contribution in [0.1, 0.15) is 32.7 Å². The molecule has 0 aliphatic heterocycles. The van der Waals surface area contributed by atoms with Gasteiger partial charge >= 0.3 is 16.3 Å². The number of nitrogens with zero attached hydrogens (tertiary/aromatic N) is 1. The van der Waals surface area contributed by atoms with Crippen LogP contribution in [-0.2, 0) is 37.5 Å². The molecule has 1 amide bonds. The summed E-state index contributed by atoms with van der Waals surface area (Å²) in [6.07, 6.45) is 0.452. The van der Waals surface area contributed by atoms with Gasteiger partial charge in [-0.05, 0) is 49.9 Å². The molecule has 2 aromatic carbocycles. The smallest absolute Gasteiger partial charge is 0.357 e. The predicted octanol–water partition coefficient (Wildman–Crippen LogP) is 3.41. The molecule has 0 radical (unpaired) electrons. The molecular formula is C24H27N3O6S2. The van der Waals surface area contributed by atoms with E-state index in [0.717, 1.165) is 16.1 Å². The molecule has 2 atom stereocenters. The Hall–Kier alpha value is -3.28. The molecule has 11 heteroatoms. The molecule has 0 saturated heterocycles.